The highest BCUT2D eigenvalue weighted by Gasteiger charge is 2.41. The number of ketones is 1. The van der Waals surface area contributed by atoms with Crippen LogP contribution in [-0.4, -0.2) is 11.8 Å². The van der Waals surface area contributed by atoms with Gasteiger partial charge in [0.2, 0.25) is 5.78 Å². The van der Waals surface area contributed by atoms with Gasteiger partial charge in [-0.1, -0.05) is 35.9 Å². The molecule has 1 saturated carbocycles. The number of nitrogens with one attached hydrogen (secondary N) is 1. The Morgan fingerprint density at radius 2 is 1.78 bits per heavy atom. The molecule has 0 radical (unpaired) electrons. The van der Waals surface area contributed by atoms with Crippen molar-refractivity contribution >= 4 is 33.7 Å². The molecule has 1 atom stereocenters. The monoisotopic (exact) mass is 461 g/mol. The Morgan fingerprint density at radius 3 is 2.50 bits per heavy atom. The first-order chi connectivity index (χ1) is 15.2. The summed E-state index contributed by atoms with van der Waals surface area (Å²) in [7, 11) is 0. The second-order valence-electron chi connectivity index (χ2n) is 7.90. The third-order valence-corrected chi connectivity index (χ3v) is 5.76. The maximum absolute atomic E-state index is 14.7. The lowest BCUT2D eigenvalue weighted by Gasteiger charge is -2.16. The van der Waals surface area contributed by atoms with Gasteiger partial charge in [0.1, 0.15) is 5.82 Å². The van der Waals surface area contributed by atoms with Crippen LogP contribution in [0.4, 0.5) is 17.6 Å². The van der Waals surface area contributed by atoms with Gasteiger partial charge in [-0.25, -0.2) is 4.39 Å². The predicted octanol–water partition coefficient (Wildman–Crippen LogP) is 6.41. The molecule has 5 rings (SSSR count). The molecule has 0 saturated heterocycles. The smallest absolute Gasteiger partial charge is 0.416 e. The van der Waals surface area contributed by atoms with Crippen molar-refractivity contribution in [2.24, 2.45) is 0 Å². The second kappa shape index (κ2) is 7.52. The Kier molecular flexibility index (Phi) is 4.89. The van der Waals surface area contributed by atoms with Crippen LogP contribution in [0, 0.1) is 5.82 Å². The molecule has 2 aliphatic rings. The fourth-order valence-corrected chi connectivity index (χ4v) is 4.14. The zero-order valence-electron chi connectivity index (χ0n) is 16.5. The number of ether oxygens (including phenoxy) is 1. The van der Waals surface area contributed by atoms with E-state index in [-0.39, 0.29) is 34.0 Å². The van der Waals surface area contributed by atoms with Gasteiger partial charge < -0.3 is 10.1 Å². The third kappa shape index (κ3) is 3.71. The normalized spacial score (nSPS) is 18.9. The van der Waals surface area contributed by atoms with Crippen molar-refractivity contribution in [3.8, 4) is 0 Å². The molecule has 1 unspecified atom stereocenters. The summed E-state index contributed by atoms with van der Waals surface area (Å²) < 4.78 is 60.5. The highest BCUT2D eigenvalue weighted by molar-refractivity contribution is 6.32. The van der Waals surface area contributed by atoms with E-state index in [1.54, 1.807) is 12.1 Å². The first kappa shape index (κ1) is 20.8. The van der Waals surface area contributed by atoms with Gasteiger partial charge in [0, 0.05) is 22.0 Å². The molecule has 0 bridgehead atoms. The lowest BCUT2D eigenvalue weighted by molar-refractivity contribution is -0.137. The molecule has 32 heavy (non-hydrogen) atoms. The van der Waals surface area contributed by atoms with Crippen molar-refractivity contribution in [2.75, 3.05) is 0 Å². The van der Waals surface area contributed by atoms with Crippen molar-refractivity contribution < 1.29 is 27.1 Å². The van der Waals surface area contributed by atoms with Crippen LogP contribution in [0.25, 0.3) is 16.3 Å². The van der Waals surface area contributed by atoms with E-state index in [4.69, 9.17) is 16.3 Å². The highest BCUT2D eigenvalue weighted by atomic mass is 35.5. The molecule has 1 aliphatic heterocycles. The average Bonchev–Trinajstić information content (AvgIpc) is 3.49. The molecule has 1 N–H and O–H groups in total. The highest BCUT2D eigenvalue weighted by Crippen LogP contribution is 2.43. The van der Waals surface area contributed by atoms with Crippen molar-refractivity contribution in [1.82, 2.24) is 5.32 Å². The summed E-state index contributed by atoms with van der Waals surface area (Å²) >= 11 is 6.21. The summed E-state index contributed by atoms with van der Waals surface area (Å²) in [6.07, 6.45) is -4.08. The van der Waals surface area contributed by atoms with Crippen molar-refractivity contribution in [1.29, 1.82) is 0 Å². The number of alkyl halides is 3. The van der Waals surface area contributed by atoms with E-state index in [1.165, 1.54) is 30.3 Å². The lowest BCUT2D eigenvalue weighted by Crippen LogP contribution is -2.17. The SMILES string of the molecule is O=C1C(c2cccc(C(F)(F)F)c2)=C(NC2CC2)OC1c1cc(Cl)cc2cccc(F)c12. The molecule has 3 aromatic carbocycles. The summed E-state index contributed by atoms with van der Waals surface area (Å²) in [5.74, 6) is -1.000. The van der Waals surface area contributed by atoms with Crippen LogP contribution in [-0.2, 0) is 15.7 Å². The van der Waals surface area contributed by atoms with Gasteiger partial charge in [-0.05, 0) is 54.1 Å². The summed E-state index contributed by atoms with van der Waals surface area (Å²) in [5.41, 5.74) is -0.545. The van der Waals surface area contributed by atoms with Crippen LogP contribution >= 0.6 is 11.6 Å². The van der Waals surface area contributed by atoms with Crippen LogP contribution in [0.1, 0.15) is 35.6 Å². The minimum absolute atomic E-state index is 0.0115. The van der Waals surface area contributed by atoms with Crippen LogP contribution in [0.3, 0.4) is 0 Å². The summed E-state index contributed by atoms with van der Waals surface area (Å²) in [4.78, 5) is 13.5. The minimum atomic E-state index is -4.56. The number of fused-ring (bicyclic) bond motifs is 1. The summed E-state index contributed by atoms with van der Waals surface area (Å²) in [5, 5.41) is 4.07. The molecule has 0 aromatic heterocycles. The van der Waals surface area contributed by atoms with Crippen LogP contribution < -0.4 is 5.32 Å². The standard InChI is InChI=1S/C24H16ClF4NO2/c25-15-10-13-4-2-6-18(26)19(13)17(11-15)22-21(31)20(23(32-22)30-16-7-8-16)12-3-1-5-14(9-12)24(27,28)29/h1-6,9-11,16,22,30H,7-8H2. The molecule has 1 heterocycles. The number of halogens is 5. The molecule has 0 amide bonds. The number of hydrogen-bond acceptors (Lipinski definition) is 3. The number of carbonyl (C=O) groups is 1. The predicted molar refractivity (Wildman–Crippen MR) is 112 cm³/mol. The first-order valence-electron chi connectivity index (χ1n) is 9.99. The first-order valence-corrected chi connectivity index (χ1v) is 10.4. The van der Waals surface area contributed by atoms with Gasteiger partial charge in [-0.3, -0.25) is 4.79 Å². The van der Waals surface area contributed by atoms with E-state index in [2.05, 4.69) is 5.32 Å². The zero-order valence-corrected chi connectivity index (χ0v) is 17.2. The molecule has 3 nitrogen and oxygen atoms in total. The van der Waals surface area contributed by atoms with E-state index in [0.717, 1.165) is 25.0 Å². The van der Waals surface area contributed by atoms with Crippen molar-refractivity contribution in [2.45, 2.75) is 31.2 Å². The maximum atomic E-state index is 14.7. The second-order valence-corrected chi connectivity index (χ2v) is 8.33. The van der Waals surface area contributed by atoms with Gasteiger partial charge in [0.15, 0.2) is 12.0 Å². The fraction of sp³-hybridized carbons (Fsp3) is 0.208. The molecule has 3 aromatic rings. The summed E-state index contributed by atoms with van der Waals surface area (Å²) in [6.45, 7) is 0. The van der Waals surface area contributed by atoms with E-state index in [9.17, 15) is 22.4 Å². The zero-order chi connectivity index (χ0) is 22.6. The topological polar surface area (TPSA) is 38.3 Å². The molecule has 0 spiro atoms. The minimum Gasteiger partial charge on any atom is -0.462 e. The van der Waals surface area contributed by atoms with E-state index in [1.807, 2.05) is 0 Å². The Morgan fingerprint density at radius 1 is 1.03 bits per heavy atom. The Bertz CT molecular complexity index is 1280. The van der Waals surface area contributed by atoms with Gasteiger partial charge in [0.25, 0.3) is 0 Å². The molecule has 1 aliphatic carbocycles. The van der Waals surface area contributed by atoms with Crippen LogP contribution in [0.2, 0.25) is 5.02 Å². The Hall–Kier alpha value is -3.06. The fourth-order valence-electron chi connectivity index (χ4n) is 3.91. The van der Waals surface area contributed by atoms with E-state index >= 15 is 0 Å². The molecular formula is C24H16ClF4NO2. The number of rotatable bonds is 4. The molecule has 1 fully saturated rings. The van der Waals surface area contributed by atoms with E-state index in [0.29, 0.717) is 10.4 Å². The van der Waals surface area contributed by atoms with Gasteiger partial charge >= 0.3 is 6.18 Å². The van der Waals surface area contributed by atoms with Gasteiger partial charge in [0.05, 0.1) is 11.1 Å². The van der Waals surface area contributed by atoms with Gasteiger partial charge in [-0.15, -0.1) is 0 Å². The molecule has 164 valence electrons. The number of carbonyl (C=O) groups excluding carboxylic acids is 1. The molecular weight excluding hydrogens is 446 g/mol. The van der Waals surface area contributed by atoms with Crippen molar-refractivity contribution in [3.63, 3.8) is 0 Å². The quantitative estimate of drug-likeness (QED) is 0.456. The van der Waals surface area contributed by atoms with Gasteiger partial charge in [-0.2, -0.15) is 13.2 Å². The van der Waals surface area contributed by atoms with Crippen LogP contribution in [0.15, 0.2) is 60.5 Å². The van der Waals surface area contributed by atoms with E-state index < -0.39 is 29.4 Å². The number of Topliss-reactive ketones (excluding diaryl/α,β-unsaturated/α-hetero) is 1. The largest absolute Gasteiger partial charge is 0.462 e. The Balaban J connectivity index is 1.63. The lowest BCUT2D eigenvalue weighted by atomic mass is 9.93. The number of hydrogen-bond donors (Lipinski definition) is 1. The maximum Gasteiger partial charge on any atom is 0.416 e. The third-order valence-electron chi connectivity index (χ3n) is 5.54. The number of benzene rings is 3. The van der Waals surface area contributed by atoms with Crippen molar-refractivity contribution in [3.05, 3.63) is 88.0 Å². The average molecular weight is 462 g/mol. The van der Waals surface area contributed by atoms with Crippen LogP contribution in [0.5, 0.6) is 0 Å². The Labute approximate surface area is 185 Å². The summed E-state index contributed by atoms with van der Waals surface area (Å²) in [6, 6.07) is 12.1. The molecule has 8 heteroatoms.